The highest BCUT2D eigenvalue weighted by molar-refractivity contribution is 5.14. The van der Waals surface area contributed by atoms with Crippen molar-refractivity contribution in [3.63, 3.8) is 0 Å². The van der Waals surface area contributed by atoms with Gasteiger partial charge in [-0.05, 0) is 37.3 Å². The SMILES string of the molecule is CC1CC1NCCCc1ccccc1. The highest BCUT2D eigenvalue weighted by Crippen LogP contribution is 2.28. The molecule has 0 aromatic heterocycles. The molecule has 1 aliphatic rings. The van der Waals surface area contributed by atoms with Gasteiger partial charge in [0.25, 0.3) is 0 Å². The fourth-order valence-corrected chi connectivity index (χ4v) is 1.83. The van der Waals surface area contributed by atoms with Crippen molar-refractivity contribution in [3.8, 4) is 0 Å². The molecule has 0 radical (unpaired) electrons. The lowest BCUT2D eigenvalue weighted by molar-refractivity contribution is 0.622. The van der Waals surface area contributed by atoms with Gasteiger partial charge in [0.2, 0.25) is 0 Å². The van der Waals surface area contributed by atoms with Crippen LogP contribution in [0.3, 0.4) is 0 Å². The highest BCUT2D eigenvalue weighted by Gasteiger charge is 2.31. The van der Waals surface area contributed by atoms with Gasteiger partial charge in [-0.2, -0.15) is 0 Å². The number of hydrogen-bond acceptors (Lipinski definition) is 1. The molecule has 0 amide bonds. The van der Waals surface area contributed by atoms with Crippen LogP contribution in [0, 0.1) is 5.92 Å². The third kappa shape index (κ3) is 2.85. The average molecular weight is 189 g/mol. The molecule has 2 atom stereocenters. The Morgan fingerprint density at radius 1 is 1.29 bits per heavy atom. The minimum Gasteiger partial charge on any atom is -0.314 e. The standard InChI is InChI=1S/C13H19N/c1-11-10-13(11)14-9-5-8-12-6-3-2-4-7-12/h2-4,6-7,11,13-14H,5,8-10H2,1H3. The van der Waals surface area contributed by atoms with Crippen LogP contribution in [0.5, 0.6) is 0 Å². The predicted molar refractivity (Wildman–Crippen MR) is 60.3 cm³/mol. The van der Waals surface area contributed by atoms with Crippen LogP contribution in [-0.2, 0) is 6.42 Å². The van der Waals surface area contributed by atoms with Crippen molar-refractivity contribution in [1.82, 2.24) is 5.32 Å². The molecule has 0 bridgehead atoms. The van der Waals surface area contributed by atoms with Gasteiger partial charge in [-0.15, -0.1) is 0 Å². The van der Waals surface area contributed by atoms with Gasteiger partial charge in [-0.1, -0.05) is 37.3 Å². The summed E-state index contributed by atoms with van der Waals surface area (Å²) in [4.78, 5) is 0. The van der Waals surface area contributed by atoms with Crippen LogP contribution in [0.2, 0.25) is 0 Å². The number of benzene rings is 1. The molecule has 0 spiro atoms. The normalized spacial score (nSPS) is 24.9. The first-order chi connectivity index (χ1) is 6.86. The van der Waals surface area contributed by atoms with Crippen molar-refractivity contribution in [3.05, 3.63) is 35.9 Å². The summed E-state index contributed by atoms with van der Waals surface area (Å²) in [5.41, 5.74) is 1.46. The number of hydrogen-bond donors (Lipinski definition) is 1. The fraction of sp³-hybridized carbons (Fsp3) is 0.538. The largest absolute Gasteiger partial charge is 0.314 e. The molecule has 76 valence electrons. The summed E-state index contributed by atoms with van der Waals surface area (Å²) in [6.07, 6.45) is 3.84. The molecule has 0 saturated heterocycles. The van der Waals surface area contributed by atoms with E-state index in [1.54, 1.807) is 0 Å². The highest BCUT2D eigenvalue weighted by atomic mass is 15.0. The molecule has 1 nitrogen and oxygen atoms in total. The van der Waals surface area contributed by atoms with Crippen molar-refractivity contribution >= 4 is 0 Å². The van der Waals surface area contributed by atoms with Crippen LogP contribution in [-0.4, -0.2) is 12.6 Å². The van der Waals surface area contributed by atoms with Crippen LogP contribution in [0.15, 0.2) is 30.3 Å². The molecule has 1 fully saturated rings. The van der Waals surface area contributed by atoms with Crippen molar-refractivity contribution in [2.24, 2.45) is 5.92 Å². The van der Waals surface area contributed by atoms with Crippen LogP contribution in [0.25, 0.3) is 0 Å². The van der Waals surface area contributed by atoms with Crippen LogP contribution < -0.4 is 5.32 Å². The van der Waals surface area contributed by atoms with E-state index in [-0.39, 0.29) is 0 Å². The van der Waals surface area contributed by atoms with Crippen molar-refractivity contribution < 1.29 is 0 Å². The summed E-state index contributed by atoms with van der Waals surface area (Å²) in [6, 6.07) is 11.6. The second-order valence-electron chi connectivity index (χ2n) is 4.36. The summed E-state index contributed by atoms with van der Waals surface area (Å²) >= 11 is 0. The molecule has 2 unspecified atom stereocenters. The molecule has 1 aromatic carbocycles. The van der Waals surface area contributed by atoms with E-state index in [1.807, 2.05) is 0 Å². The van der Waals surface area contributed by atoms with E-state index < -0.39 is 0 Å². The topological polar surface area (TPSA) is 12.0 Å². The lowest BCUT2D eigenvalue weighted by atomic mass is 10.1. The van der Waals surface area contributed by atoms with Crippen molar-refractivity contribution in [1.29, 1.82) is 0 Å². The lowest BCUT2D eigenvalue weighted by Crippen LogP contribution is -2.19. The van der Waals surface area contributed by atoms with E-state index in [1.165, 1.54) is 31.4 Å². The molecule has 2 rings (SSSR count). The van der Waals surface area contributed by atoms with Gasteiger partial charge in [0, 0.05) is 6.04 Å². The Labute approximate surface area is 86.5 Å². The third-order valence-electron chi connectivity index (χ3n) is 3.00. The Kier molecular flexibility index (Phi) is 3.20. The molecule has 1 N–H and O–H groups in total. The molecule has 0 heterocycles. The van der Waals surface area contributed by atoms with Crippen LogP contribution >= 0.6 is 0 Å². The van der Waals surface area contributed by atoms with E-state index in [4.69, 9.17) is 0 Å². The molecule has 14 heavy (non-hydrogen) atoms. The maximum Gasteiger partial charge on any atom is 0.00963 e. The smallest absolute Gasteiger partial charge is 0.00963 e. The van der Waals surface area contributed by atoms with Gasteiger partial charge >= 0.3 is 0 Å². The molecule has 1 aromatic rings. The summed E-state index contributed by atoms with van der Waals surface area (Å²) in [5.74, 6) is 0.923. The first-order valence-corrected chi connectivity index (χ1v) is 5.63. The average Bonchev–Trinajstić information content (AvgIpc) is 2.91. The second-order valence-corrected chi connectivity index (χ2v) is 4.36. The van der Waals surface area contributed by atoms with Crippen molar-refractivity contribution in [2.45, 2.75) is 32.2 Å². The third-order valence-corrected chi connectivity index (χ3v) is 3.00. The van der Waals surface area contributed by atoms with Crippen LogP contribution in [0.1, 0.15) is 25.3 Å². The predicted octanol–water partition coefficient (Wildman–Crippen LogP) is 2.62. The number of nitrogens with one attached hydrogen (secondary N) is 1. The van der Waals surface area contributed by atoms with Crippen molar-refractivity contribution in [2.75, 3.05) is 6.54 Å². The van der Waals surface area contributed by atoms with Gasteiger partial charge in [0.1, 0.15) is 0 Å². The Morgan fingerprint density at radius 3 is 2.64 bits per heavy atom. The maximum atomic E-state index is 3.58. The molecule has 0 aliphatic heterocycles. The Hall–Kier alpha value is -0.820. The number of aryl methyl sites for hydroxylation is 1. The zero-order chi connectivity index (χ0) is 9.80. The van der Waals surface area contributed by atoms with Gasteiger partial charge < -0.3 is 5.32 Å². The second kappa shape index (κ2) is 4.61. The first kappa shape index (κ1) is 9.72. The van der Waals surface area contributed by atoms with Crippen LogP contribution in [0.4, 0.5) is 0 Å². The Balaban J connectivity index is 1.59. The summed E-state index contributed by atoms with van der Waals surface area (Å²) in [5, 5.41) is 3.58. The Morgan fingerprint density at radius 2 is 2.00 bits per heavy atom. The summed E-state index contributed by atoms with van der Waals surface area (Å²) in [6.45, 7) is 3.48. The molecule has 1 aliphatic carbocycles. The monoisotopic (exact) mass is 189 g/mol. The zero-order valence-electron chi connectivity index (χ0n) is 8.87. The number of rotatable bonds is 5. The first-order valence-electron chi connectivity index (χ1n) is 5.63. The van der Waals surface area contributed by atoms with Gasteiger partial charge in [-0.25, -0.2) is 0 Å². The van der Waals surface area contributed by atoms with E-state index in [0.29, 0.717) is 0 Å². The Bertz CT molecular complexity index is 268. The summed E-state index contributed by atoms with van der Waals surface area (Å²) in [7, 11) is 0. The van der Waals surface area contributed by atoms with E-state index in [0.717, 1.165) is 12.0 Å². The van der Waals surface area contributed by atoms with E-state index >= 15 is 0 Å². The zero-order valence-corrected chi connectivity index (χ0v) is 8.87. The van der Waals surface area contributed by atoms with Gasteiger partial charge in [0.15, 0.2) is 0 Å². The van der Waals surface area contributed by atoms with Gasteiger partial charge in [0.05, 0.1) is 0 Å². The van der Waals surface area contributed by atoms with E-state index in [9.17, 15) is 0 Å². The minimum absolute atomic E-state index is 0.825. The lowest BCUT2D eigenvalue weighted by Gasteiger charge is -2.03. The fourth-order valence-electron chi connectivity index (χ4n) is 1.83. The molecule has 1 heteroatoms. The maximum absolute atomic E-state index is 3.58. The molecule has 1 saturated carbocycles. The molecular formula is C13H19N. The quantitative estimate of drug-likeness (QED) is 0.702. The van der Waals surface area contributed by atoms with Gasteiger partial charge in [-0.3, -0.25) is 0 Å². The summed E-state index contributed by atoms with van der Waals surface area (Å²) < 4.78 is 0. The minimum atomic E-state index is 0.825. The van der Waals surface area contributed by atoms with E-state index in [2.05, 4.69) is 42.6 Å². The molecular weight excluding hydrogens is 170 g/mol.